The molecule has 0 bridgehead atoms. The van der Waals surface area contributed by atoms with Crippen molar-refractivity contribution in [3.63, 3.8) is 0 Å². The minimum atomic E-state index is -3.18. The predicted molar refractivity (Wildman–Crippen MR) is 84.6 cm³/mol. The van der Waals surface area contributed by atoms with Crippen LogP contribution in [0.5, 0.6) is 0 Å². The quantitative estimate of drug-likeness (QED) is 0.809. The Morgan fingerprint density at radius 3 is 2.40 bits per heavy atom. The van der Waals surface area contributed by atoms with Crippen LogP contribution in [0.1, 0.15) is 31.2 Å². The molecule has 1 aromatic carbocycles. The maximum Gasteiger partial charge on any atom is 0.213 e. The Bertz CT molecular complexity index is 473. The molecule has 1 saturated carbocycles. The zero-order valence-electron chi connectivity index (χ0n) is 11.5. The maximum atomic E-state index is 11.8. The van der Waals surface area contributed by atoms with E-state index in [1.807, 2.05) is 30.3 Å². The average molecular weight is 319 g/mol. The fraction of sp³-hybridized carbons (Fsp3) is 0.571. The zero-order chi connectivity index (χ0) is 13.6. The third kappa shape index (κ3) is 6.22. The Morgan fingerprint density at radius 2 is 1.75 bits per heavy atom. The van der Waals surface area contributed by atoms with Crippen molar-refractivity contribution in [1.82, 2.24) is 10.0 Å². The molecule has 0 unspecified atom stereocenters. The van der Waals surface area contributed by atoms with E-state index in [9.17, 15) is 8.42 Å². The minimum Gasteiger partial charge on any atom is -0.313 e. The van der Waals surface area contributed by atoms with Crippen molar-refractivity contribution in [3.8, 4) is 0 Å². The first-order valence-electron chi connectivity index (χ1n) is 6.90. The molecule has 1 aromatic rings. The standard InChI is InChI=1S/C14H22N2O2S.ClH/c17-19(18,11-10-15-14-8-4-5-9-14)16-12-13-6-2-1-3-7-13;/h1-3,6-7,14-16H,4-5,8-12H2;1H. The van der Waals surface area contributed by atoms with Crippen LogP contribution in [0, 0.1) is 0 Å². The van der Waals surface area contributed by atoms with Crippen LogP contribution < -0.4 is 10.0 Å². The van der Waals surface area contributed by atoms with Crippen LogP contribution in [0.25, 0.3) is 0 Å². The fourth-order valence-corrected chi connectivity index (χ4v) is 3.31. The molecule has 0 spiro atoms. The van der Waals surface area contributed by atoms with Crippen LogP contribution in [0.3, 0.4) is 0 Å². The van der Waals surface area contributed by atoms with E-state index in [-0.39, 0.29) is 18.2 Å². The van der Waals surface area contributed by atoms with Crippen LogP contribution in [0.4, 0.5) is 0 Å². The Labute approximate surface area is 127 Å². The second-order valence-corrected chi connectivity index (χ2v) is 6.99. The third-order valence-electron chi connectivity index (χ3n) is 3.50. The summed E-state index contributed by atoms with van der Waals surface area (Å²) in [5, 5.41) is 3.32. The van der Waals surface area contributed by atoms with E-state index in [1.54, 1.807) is 0 Å². The van der Waals surface area contributed by atoms with Crippen molar-refractivity contribution in [2.45, 2.75) is 38.3 Å². The Hall–Kier alpha value is -0.620. The minimum absolute atomic E-state index is 0. The van der Waals surface area contributed by atoms with E-state index in [0.717, 1.165) is 5.56 Å². The first-order valence-corrected chi connectivity index (χ1v) is 8.55. The zero-order valence-corrected chi connectivity index (χ0v) is 13.2. The summed E-state index contributed by atoms with van der Waals surface area (Å²) < 4.78 is 26.3. The number of rotatable bonds is 7. The molecule has 4 nitrogen and oxygen atoms in total. The number of benzene rings is 1. The number of hydrogen-bond acceptors (Lipinski definition) is 3. The summed E-state index contributed by atoms with van der Waals surface area (Å²) in [6, 6.07) is 10.1. The van der Waals surface area contributed by atoms with Gasteiger partial charge in [0, 0.05) is 19.1 Å². The van der Waals surface area contributed by atoms with Crippen molar-refractivity contribution in [3.05, 3.63) is 35.9 Å². The molecular weight excluding hydrogens is 296 g/mol. The molecule has 1 fully saturated rings. The summed E-state index contributed by atoms with van der Waals surface area (Å²) in [6.07, 6.45) is 4.88. The predicted octanol–water partition coefficient (Wildman–Crippen LogP) is 2.06. The molecule has 0 heterocycles. The molecule has 1 aliphatic rings. The lowest BCUT2D eigenvalue weighted by molar-refractivity contribution is 0.533. The second-order valence-electron chi connectivity index (χ2n) is 5.06. The topological polar surface area (TPSA) is 58.2 Å². The van der Waals surface area contributed by atoms with Crippen molar-refractivity contribution in [1.29, 1.82) is 0 Å². The third-order valence-corrected chi connectivity index (χ3v) is 4.82. The van der Waals surface area contributed by atoms with Crippen molar-refractivity contribution in [2.24, 2.45) is 0 Å². The van der Waals surface area contributed by atoms with Gasteiger partial charge in [-0.3, -0.25) is 0 Å². The fourth-order valence-electron chi connectivity index (χ4n) is 2.39. The molecule has 0 aliphatic heterocycles. The highest BCUT2D eigenvalue weighted by atomic mass is 35.5. The molecular formula is C14H23ClN2O2S. The molecule has 6 heteroatoms. The van der Waals surface area contributed by atoms with Crippen LogP contribution >= 0.6 is 12.4 Å². The van der Waals surface area contributed by atoms with Gasteiger partial charge >= 0.3 is 0 Å². The largest absolute Gasteiger partial charge is 0.313 e. The summed E-state index contributed by atoms with van der Waals surface area (Å²) in [4.78, 5) is 0. The van der Waals surface area contributed by atoms with Crippen LogP contribution in [-0.2, 0) is 16.6 Å². The van der Waals surface area contributed by atoms with Gasteiger partial charge in [-0.15, -0.1) is 12.4 Å². The highest BCUT2D eigenvalue weighted by Crippen LogP contribution is 2.17. The monoisotopic (exact) mass is 318 g/mol. The van der Waals surface area contributed by atoms with Gasteiger partial charge in [-0.05, 0) is 18.4 Å². The van der Waals surface area contributed by atoms with Gasteiger partial charge in [0.2, 0.25) is 10.0 Å². The van der Waals surface area contributed by atoms with Gasteiger partial charge in [-0.2, -0.15) is 0 Å². The van der Waals surface area contributed by atoms with E-state index in [2.05, 4.69) is 10.0 Å². The first kappa shape index (κ1) is 17.4. The number of nitrogens with one attached hydrogen (secondary N) is 2. The van der Waals surface area contributed by atoms with Gasteiger partial charge in [-0.1, -0.05) is 43.2 Å². The van der Waals surface area contributed by atoms with Crippen molar-refractivity contribution >= 4 is 22.4 Å². The Kier molecular flexibility index (Phi) is 7.51. The van der Waals surface area contributed by atoms with Crippen LogP contribution in [0.15, 0.2) is 30.3 Å². The summed E-state index contributed by atoms with van der Waals surface area (Å²) in [5.41, 5.74) is 0.981. The smallest absolute Gasteiger partial charge is 0.213 e. The van der Waals surface area contributed by atoms with Gasteiger partial charge in [0.25, 0.3) is 0 Å². The molecule has 0 radical (unpaired) electrons. The Morgan fingerprint density at radius 1 is 1.10 bits per heavy atom. The normalized spacial score (nSPS) is 16.0. The summed E-state index contributed by atoms with van der Waals surface area (Å²) >= 11 is 0. The lowest BCUT2D eigenvalue weighted by Crippen LogP contribution is -2.35. The molecule has 20 heavy (non-hydrogen) atoms. The van der Waals surface area contributed by atoms with Crippen molar-refractivity contribution < 1.29 is 8.42 Å². The van der Waals surface area contributed by atoms with Gasteiger partial charge in [0.1, 0.15) is 0 Å². The van der Waals surface area contributed by atoms with Gasteiger partial charge < -0.3 is 5.32 Å². The molecule has 0 amide bonds. The molecule has 1 aliphatic carbocycles. The van der Waals surface area contributed by atoms with Gasteiger partial charge in [0.15, 0.2) is 0 Å². The van der Waals surface area contributed by atoms with E-state index in [4.69, 9.17) is 0 Å². The molecule has 114 valence electrons. The summed E-state index contributed by atoms with van der Waals surface area (Å²) in [6.45, 7) is 0.904. The Balaban J connectivity index is 0.00000200. The molecule has 0 atom stereocenters. The molecule has 2 N–H and O–H groups in total. The maximum absolute atomic E-state index is 11.8. The van der Waals surface area contributed by atoms with E-state index < -0.39 is 10.0 Å². The van der Waals surface area contributed by atoms with Crippen molar-refractivity contribution in [2.75, 3.05) is 12.3 Å². The van der Waals surface area contributed by atoms with Gasteiger partial charge in [0.05, 0.1) is 5.75 Å². The molecule has 0 aromatic heterocycles. The number of sulfonamides is 1. The number of hydrogen-bond donors (Lipinski definition) is 2. The van der Waals surface area contributed by atoms with E-state index in [1.165, 1.54) is 25.7 Å². The van der Waals surface area contributed by atoms with Gasteiger partial charge in [-0.25, -0.2) is 13.1 Å². The number of halogens is 1. The highest BCUT2D eigenvalue weighted by molar-refractivity contribution is 7.89. The first-order chi connectivity index (χ1) is 9.16. The van der Waals surface area contributed by atoms with Crippen LogP contribution in [0.2, 0.25) is 0 Å². The second kappa shape index (κ2) is 8.62. The highest BCUT2D eigenvalue weighted by Gasteiger charge is 2.15. The SMILES string of the molecule is Cl.O=S(=O)(CCNC1CCCC1)NCc1ccccc1. The summed E-state index contributed by atoms with van der Waals surface area (Å²) in [7, 11) is -3.18. The average Bonchev–Trinajstić information content (AvgIpc) is 2.91. The molecule has 0 saturated heterocycles. The van der Waals surface area contributed by atoms with E-state index >= 15 is 0 Å². The van der Waals surface area contributed by atoms with Crippen LogP contribution in [-0.4, -0.2) is 26.8 Å². The molecule has 2 rings (SSSR count). The lowest BCUT2D eigenvalue weighted by atomic mass is 10.2. The lowest BCUT2D eigenvalue weighted by Gasteiger charge is -2.12. The summed E-state index contributed by atoms with van der Waals surface area (Å²) in [5.74, 6) is 0.149. The van der Waals surface area contributed by atoms with E-state index in [0.29, 0.717) is 19.1 Å².